The number of halogens is 1. The van der Waals surface area contributed by atoms with Crippen molar-refractivity contribution in [3.8, 4) is 0 Å². The summed E-state index contributed by atoms with van der Waals surface area (Å²) in [5, 5.41) is 8.58. The van der Waals surface area contributed by atoms with E-state index in [1.165, 1.54) is 19.4 Å². The van der Waals surface area contributed by atoms with Gasteiger partial charge in [0.05, 0.1) is 4.60 Å². The second kappa shape index (κ2) is 4.97. The van der Waals surface area contributed by atoms with Crippen LogP contribution >= 0.6 is 15.9 Å². The Morgan fingerprint density at radius 1 is 1.39 bits per heavy atom. The highest BCUT2D eigenvalue weighted by Gasteiger charge is 2.25. The van der Waals surface area contributed by atoms with Gasteiger partial charge in [-0.2, -0.15) is 0 Å². The Balaban J connectivity index is 1.91. The molecule has 1 aliphatic heterocycles. The molecule has 1 aliphatic rings. The Morgan fingerprint density at radius 3 is 3.11 bits per heavy atom. The Morgan fingerprint density at radius 2 is 2.28 bits per heavy atom. The summed E-state index contributed by atoms with van der Waals surface area (Å²) in [6.45, 7) is 4.58. The van der Waals surface area contributed by atoms with E-state index in [4.69, 9.17) is 0 Å². The van der Waals surface area contributed by atoms with E-state index < -0.39 is 0 Å². The quantitative estimate of drug-likeness (QED) is 0.817. The third-order valence-electron chi connectivity index (χ3n) is 3.77. The number of nitrogens with zero attached hydrogens (tertiary/aromatic N) is 4. The maximum atomic E-state index is 4.34. The van der Waals surface area contributed by atoms with Crippen molar-refractivity contribution in [1.29, 1.82) is 0 Å². The smallest absolute Gasteiger partial charge is 0.161 e. The van der Waals surface area contributed by atoms with Crippen molar-refractivity contribution in [2.24, 2.45) is 0 Å². The van der Waals surface area contributed by atoms with Crippen LogP contribution in [-0.2, 0) is 6.42 Å². The van der Waals surface area contributed by atoms with Crippen LogP contribution in [-0.4, -0.2) is 38.6 Å². The van der Waals surface area contributed by atoms with Crippen LogP contribution in [0.2, 0.25) is 0 Å². The molecular formula is C13H17BrN4. The van der Waals surface area contributed by atoms with Crippen LogP contribution in [0, 0.1) is 0 Å². The summed E-state index contributed by atoms with van der Waals surface area (Å²) in [6, 6.07) is 6.64. The molecule has 2 aromatic rings. The largest absolute Gasteiger partial charge is 0.300 e. The zero-order valence-corrected chi connectivity index (χ0v) is 12.1. The first-order chi connectivity index (χ1) is 8.79. The first-order valence-corrected chi connectivity index (χ1v) is 7.31. The van der Waals surface area contributed by atoms with Gasteiger partial charge >= 0.3 is 0 Å². The molecule has 18 heavy (non-hydrogen) atoms. The molecule has 0 saturated carbocycles. The summed E-state index contributed by atoms with van der Waals surface area (Å²) in [5.41, 5.74) is 0.917. The van der Waals surface area contributed by atoms with E-state index in [-0.39, 0.29) is 0 Å². The molecule has 0 radical (unpaired) electrons. The topological polar surface area (TPSA) is 33.4 Å². The summed E-state index contributed by atoms with van der Waals surface area (Å²) < 4.78 is 3.13. The summed E-state index contributed by atoms with van der Waals surface area (Å²) >= 11 is 3.58. The molecule has 1 fully saturated rings. The number of fused-ring (bicyclic) bond motifs is 1. The number of hydrogen-bond donors (Lipinski definition) is 0. The minimum Gasteiger partial charge on any atom is -0.300 e. The van der Waals surface area contributed by atoms with Gasteiger partial charge in [-0.1, -0.05) is 13.0 Å². The fraction of sp³-hybridized carbons (Fsp3) is 0.538. The molecule has 0 bridgehead atoms. The van der Waals surface area contributed by atoms with Crippen LogP contribution in [0.1, 0.15) is 25.6 Å². The van der Waals surface area contributed by atoms with Gasteiger partial charge in [-0.3, -0.25) is 4.40 Å². The van der Waals surface area contributed by atoms with Gasteiger partial charge < -0.3 is 4.90 Å². The number of likely N-dealkylation sites (N-methyl/N-ethyl adjacent to an activating group) is 1. The fourth-order valence-electron chi connectivity index (χ4n) is 2.84. The van der Waals surface area contributed by atoms with E-state index in [2.05, 4.69) is 42.4 Å². The van der Waals surface area contributed by atoms with E-state index in [0.29, 0.717) is 6.04 Å². The first-order valence-electron chi connectivity index (χ1n) is 6.52. The Hall–Kier alpha value is -0.940. The molecule has 0 N–H and O–H groups in total. The molecule has 2 aromatic heterocycles. The van der Waals surface area contributed by atoms with Gasteiger partial charge in [-0.25, -0.2) is 0 Å². The fourth-order valence-corrected chi connectivity index (χ4v) is 3.38. The zero-order chi connectivity index (χ0) is 12.5. The van der Waals surface area contributed by atoms with Gasteiger partial charge in [-0.05, 0) is 54.0 Å². The minimum atomic E-state index is 0.620. The van der Waals surface area contributed by atoms with Gasteiger partial charge in [0.25, 0.3) is 0 Å². The van der Waals surface area contributed by atoms with Gasteiger partial charge in [0, 0.05) is 12.5 Å². The van der Waals surface area contributed by atoms with Crippen LogP contribution in [0.5, 0.6) is 0 Å². The van der Waals surface area contributed by atoms with E-state index >= 15 is 0 Å². The summed E-state index contributed by atoms with van der Waals surface area (Å²) in [4.78, 5) is 2.54. The van der Waals surface area contributed by atoms with Crippen molar-refractivity contribution < 1.29 is 0 Å². The third kappa shape index (κ3) is 2.06. The summed E-state index contributed by atoms with van der Waals surface area (Å²) in [6.07, 6.45) is 3.56. The molecule has 96 valence electrons. The lowest BCUT2D eigenvalue weighted by Gasteiger charge is -2.21. The predicted octanol–water partition coefficient (Wildman–Crippen LogP) is 2.52. The van der Waals surface area contributed by atoms with Gasteiger partial charge in [0.15, 0.2) is 5.65 Å². The molecule has 1 atom stereocenters. The summed E-state index contributed by atoms with van der Waals surface area (Å²) in [5.74, 6) is 1.06. The molecule has 3 heterocycles. The van der Waals surface area contributed by atoms with Gasteiger partial charge in [0.2, 0.25) is 0 Å². The maximum Gasteiger partial charge on any atom is 0.161 e. The molecule has 0 spiro atoms. The Kier molecular flexibility index (Phi) is 3.35. The molecule has 1 saturated heterocycles. The average Bonchev–Trinajstić information content (AvgIpc) is 2.97. The van der Waals surface area contributed by atoms with Crippen molar-refractivity contribution in [3.63, 3.8) is 0 Å². The number of likely N-dealkylation sites (tertiary alicyclic amines) is 1. The van der Waals surface area contributed by atoms with Crippen LogP contribution in [0.3, 0.4) is 0 Å². The lowest BCUT2D eigenvalue weighted by Crippen LogP contribution is -2.31. The van der Waals surface area contributed by atoms with Crippen LogP contribution in [0.4, 0.5) is 0 Å². The summed E-state index contributed by atoms with van der Waals surface area (Å²) in [7, 11) is 0. The van der Waals surface area contributed by atoms with Crippen molar-refractivity contribution in [2.45, 2.75) is 32.2 Å². The van der Waals surface area contributed by atoms with Crippen molar-refractivity contribution in [1.82, 2.24) is 19.5 Å². The third-order valence-corrected chi connectivity index (χ3v) is 4.39. The van der Waals surface area contributed by atoms with Gasteiger partial charge in [-0.15, -0.1) is 10.2 Å². The van der Waals surface area contributed by atoms with Gasteiger partial charge in [0.1, 0.15) is 5.82 Å². The van der Waals surface area contributed by atoms with Crippen molar-refractivity contribution >= 4 is 21.6 Å². The Bertz CT molecular complexity index is 551. The van der Waals surface area contributed by atoms with E-state index in [1.54, 1.807) is 0 Å². The number of rotatable bonds is 3. The zero-order valence-electron chi connectivity index (χ0n) is 10.5. The highest BCUT2D eigenvalue weighted by atomic mass is 79.9. The number of aromatic nitrogens is 3. The SMILES string of the molecule is CCN1CCCC1Cc1nnc2cccc(Br)n12. The Labute approximate surface area is 115 Å². The molecule has 0 aromatic carbocycles. The van der Waals surface area contributed by atoms with E-state index in [1.807, 2.05) is 18.2 Å². The van der Waals surface area contributed by atoms with E-state index in [0.717, 1.165) is 29.0 Å². The molecule has 0 aliphatic carbocycles. The van der Waals surface area contributed by atoms with Crippen molar-refractivity contribution in [3.05, 3.63) is 28.6 Å². The van der Waals surface area contributed by atoms with E-state index in [9.17, 15) is 0 Å². The van der Waals surface area contributed by atoms with Crippen LogP contribution in [0.15, 0.2) is 22.8 Å². The maximum absolute atomic E-state index is 4.34. The van der Waals surface area contributed by atoms with Crippen LogP contribution < -0.4 is 0 Å². The molecule has 1 unspecified atom stereocenters. The second-order valence-corrected chi connectivity index (χ2v) is 5.60. The minimum absolute atomic E-state index is 0.620. The molecule has 5 heteroatoms. The normalized spacial score (nSPS) is 20.9. The molecule has 4 nitrogen and oxygen atoms in total. The predicted molar refractivity (Wildman–Crippen MR) is 74.7 cm³/mol. The average molecular weight is 309 g/mol. The highest BCUT2D eigenvalue weighted by molar-refractivity contribution is 9.10. The second-order valence-electron chi connectivity index (χ2n) is 4.79. The monoisotopic (exact) mass is 308 g/mol. The lowest BCUT2D eigenvalue weighted by atomic mass is 10.1. The number of pyridine rings is 1. The van der Waals surface area contributed by atoms with Crippen molar-refractivity contribution in [2.75, 3.05) is 13.1 Å². The van der Waals surface area contributed by atoms with Crippen LogP contribution in [0.25, 0.3) is 5.65 Å². The first kappa shape index (κ1) is 12.1. The molecule has 3 rings (SSSR count). The molecule has 0 amide bonds. The molecular weight excluding hydrogens is 292 g/mol. The number of hydrogen-bond acceptors (Lipinski definition) is 3. The highest BCUT2D eigenvalue weighted by Crippen LogP contribution is 2.22. The standard InChI is InChI=1S/C13H17BrN4/c1-2-17-8-4-5-10(17)9-13-16-15-12-7-3-6-11(14)18(12)13/h3,6-7,10H,2,4-5,8-9H2,1H3. The lowest BCUT2D eigenvalue weighted by molar-refractivity contribution is 0.263.